The minimum atomic E-state index is -4.93. The molecule has 1 aromatic heterocycles. The first-order valence-corrected chi connectivity index (χ1v) is 6.85. The summed E-state index contributed by atoms with van der Waals surface area (Å²) in [6.45, 7) is 2.18. The van der Waals surface area contributed by atoms with E-state index in [0.717, 1.165) is 23.7 Å². The van der Waals surface area contributed by atoms with Gasteiger partial charge in [0.25, 0.3) is 0 Å². The lowest BCUT2D eigenvalue weighted by atomic mass is 9.83. The molecule has 3 heterocycles. The number of hydrogen-bond acceptors (Lipinski definition) is 3. The van der Waals surface area contributed by atoms with Crippen LogP contribution in [0.2, 0.25) is 0 Å². The van der Waals surface area contributed by atoms with Crippen molar-refractivity contribution in [3.8, 4) is 0 Å². The van der Waals surface area contributed by atoms with E-state index in [4.69, 9.17) is 0 Å². The van der Waals surface area contributed by atoms with Crippen LogP contribution in [0.3, 0.4) is 0 Å². The zero-order chi connectivity index (χ0) is 15.1. The summed E-state index contributed by atoms with van der Waals surface area (Å²) in [6.07, 6.45) is -3.09. The van der Waals surface area contributed by atoms with Crippen molar-refractivity contribution in [1.82, 2.24) is 14.8 Å². The Kier molecular flexibility index (Phi) is 3.35. The summed E-state index contributed by atoms with van der Waals surface area (Å²) < 4.78 is 41.9. The molecular weight excluding hydrogens is 287 g/mol. The van der Waals surface area contributed by atoms with E-state index < -0.39 is 12.5 Å². The SMILES string of the molecule is O=C(OC(F)(F)F)N1CCC2(CC1)NCCn1cccc12. The van der Waals surface area contributed by atoms with Gasteiger partial charge in [-0.2, -0.15) is 0 Å². The van der Waals surface area contributed by atoms with E-state index in [1.807, 2.05) is 18.3 Å². The number of amides is 1. The van der Waals surface area contributed by atoms with E-state index in [0.29, 0.717) is 12.8 Å². The number of ether oxygens (including phenoxy) is 1. The fourth-order valence-corrected chi connectivity index (χ4v) is 3.22. The van der Waals surface area contributed by atoms with Crippen molar-refractivity contribution in [3.63, 3.8) is 0 Å². The zero-order valence-corrected chi connectivity index (χ0v) is 11.3. The molecule has 21 heavy (non-hydrogen) atoms. The standard InChI is InChI=1S/C13H16F3N3O2/c14-13(15,16)21-11(20)19-7-3-12(4-8-19)10-2-1-6-18(10)9-5-17-12/h1-2,6,17H,3-5,7-9H2. The lowest BCUT2D eigenvalue weighted by Gasteiger charge is -2.45. The van der Waals surface area contributed by atoms with Crippen molar-refractivity contribution in [3.05, 3.63) is 24.0 Å². The molecular formula is C13H16F3N3O2. The Morgan fingerprint density at radius 1 is 1.29 bits per heavy atom. The van der Waals surface area contributed by atoms with Crippen LogP contribution in [-0.2, 0) is 16.8 Å². The Bertz CT molecular complexity index is 533. The van der Waals surface area contributed by atoms with E-state index >= 15 is 0 Å². The average molecular weight is 303 g/mol. The summed E-state index contributed by atoms with van der Waals surface area (Å²) in [5.74, 6) is 0. The first kappa shape index (κ1) is 14.2. The van der Waals surface area contributed by atoms with Crippen molar-refractivity contribution >= 4 is 6.09 Å². The normalized spacial score (nSPS) is 21.2. The molecule has 1 amide bonds. The lowest BCUT2D eigenvalue weighted by molar-refractivity contribution is -0.295. The van der Waals surface area contributed by atoms with Gasteiger partial charge in [-0.1, -0.05) is 0 Å². The smallest absolute Gasteiger partial charge is 0.356 e. The van der Waals surface area contributed by atoms with E-state index in [9.17, 15) is 18.0 Å². The molecule has 0 radical (unpaired) electrons. The molecule has 1 spiro atoms. The van der Waals surface area contributed by atoms with E-state index in [2.05, 4.69) is 14.6 Å². The molecule has 0 aromatic carbocycles. The maximum atomic E-state index is 12.1. The summed E-state index contributed by atoms with van der Waals surface area (Å²) in [7, 11) is 0. The third-order valence-electron chi connectivity index (χ3n) is 4.21. The number of likely N-dealkylation sites (tertiary alicyclic amines) is 1. The Morgan fingerprint density at radius 2 is 2.00 bits per heavy atom. The molecule has 0 unspecified atom stereocenters. The quantitative estimate of drug-likeness (QED) is 0.798. The number of nitrogens with one attached hydrogen (secondary N) is 1. The van der Waals surface area contributed by atoms with Gasteiger partial charge in [0.15, 0.2) is 0 Å². The average Bonchev–Trinajstić information content (AvgIpc) is 2.87. The highest BCUT2D eigenvalue weighted by Gasteiger charge is 2.43. The number of halogens is 3. The highest BCUT2D eigenvalue weighted by Crippen LogP contribution is 2.35. The van der Waals surface area contributed by atoms with Gasteiger partial charge in [0.05, 0.1) is 5.54 Å². The summed E-state index contributed by atoms with van der Waals surface area (Å²) in [6, 6.07) is 3.99. The number of carbonyl (C=O) groups is 1. The first-order chi connectivity index (χ1) is 9.90. The van der Waals surface area contributed by atoms with Crippen LogP contribution < -0.4 is 5.32 Å². The number of alkyl halides is 3. The van der Waals surface area contributed by atoms with Crippen molar-refractivity contribution < 1.29 is 22.7 Å². The molecule has 116 valence electrons. The van der Waals surface area contributed by atoms with Crippen LogP contribution in [0.15, 0.2) is 18.3 Å². The summed E-state index contributed by atoms with van der Waals surface area (Å²) in [5, 5.41) is 3.46. The van der Waals surface area contributed by atoms with Crippen molar-refractivity contribution in [2.75, 3.05) is 19.6 Å². The third kappa shape index (κ3) is 2.72. The zero-order valence-electron chi connectivity index (χ0n) is 11.3. The first-order valence-electron chi connectivity index (χ1n) is 6.85. The lowest BCUT2D eigenvalue weighted by Crippen LogP contribution is -2.56. The predicted octanol–water partition coefficient (Wildman–Crippen LogP) is 2.04. The second-order valence-corrected chi connectivity index (χ2v) is 5.40. The number of hydrogen-bond donors (Lipinski definition) is 1. The second-order valence-electron chi connectivity index (χ2n) is 5.40. The molecule has 0 atom stereocenters. The van der Waals surface area contributed by atoms with Crippen LogP contribution in [-0.4, -0.2) is 41.6 Å². The largest absolute Gasteiger partial charge is 0.576 e. The van der Waals surface area contributed by atoms with Crippen molar-refractivity contribution in [2.45, 2.75) is 31.3 Å². The van der Waals surface area contributed by atoms with Crippen LogP contribution in [0.1, 0.15) is 18.5 Å². The molecule has 1 aromatic rings. The van der Waals surface area contributed by atoms with Gasteiger partial charge in [0.1, 0.15) is 0 Å². The molecule has 2 aliphatic heterocycles. The Morgan fingerprint density at radius 3 is 2.67 bits per heavy atom. The Labute approximate surface area is 119 Å². The molecule has 1 fully saturated rings. The number of nitrogens with zero attached hydrogens (tertiary/aromatic N) is 2. The van der Waals surface area contributed by atoms with Crippen molar-refractivity contribution in [1.29, 1.82) is 0 Å². The second kappa shape index (κ2) is 4.94. The molecule has 3 rings (SSSR count). The minimum absolute atomic E-state index is 0.243. The topological polar surface area (TPSA) is 46.5 Å². The van der Waals surface area contributed by atoms with Crippen molar-refractivity contribution in [2.24, 2.45) is 0 Å². The van der Waals surface area contributed by atoms with E-state index in [-0.39, 0.29) is 18.6 Å². The number of carbonyl (C=O) groups excluding carboxylic acids is 1. The summed E-state index contributed by atoms with van der Waals surface area (Å²) >= 11 is 0. The highest BCUT2D eigenvalue weighted by atomic mass is 19.4. The van der Waals surface area contributed by atoms with Gasteiger partial charge in [-0.15, -0.1) is 13.2 Å². The maximum absolute atomic E-state index is 12.1. The molecule has 1 saturated heterocycles. The van der Waals surface area contributed by atoms with Crippen LogP contribution in [0, 0.1) is 0 Å². The Balaban J connectivity index is 1.68. The van der Waals surface area contributed by atoms with Gasteiger partial charge in [0.2, 0.25) is 0 Å². The van der Waals surface area contributed by atoms with Crippen LogP contribution >= 0.6 is 0 Å². The van der Waals surface area contributed by atoms with Gasteiger partial charge in [-0.25, -0.2) is 4.79 Å². The number of rotatable bonds is 0. The molecule has 1 N–H and O–H groups in total. The molecule has 2 aliphatic rings. The molecule has 0 saturated carbocycles. The molecule has 5 nitrogen and oxygen atoms in total. The summed E-state index contributed by atoms with van der Waals surface area (Å²) in [4.78, 5) is 12.6. The van der Waals surface area contributed by atoms with Crippen LogP contribution in [0.4, 0.5) is 18.0 Å². The monoisotopic (exact) mass is 303 g/mol. The van der Waals surface area contributed by atoms with E-state index in [1.54, 1.807) is 0 Å². The van der Waals surface area contributed by atoms with Gasteiger partial charge >= 0.3 is 12.5 Å². The number of aromatic nitrogens is 1. The van der Waals surface area contributed by atoms with E-state index in [1.165, 1.54) is 0 Å². The van der Waals surface area contributed by atoms with Gasteiger partial charge in [-0.3, -0.25) is 0 Å². The Hall–Kier alpha value is -1.70. The maximum Gasteiger partial charge on any atom is 0.576 e. The number of piperidine rings is 1. The molecule has 0 aliphatic carbocycles. The fraction of sp³-hybridized carbons (Fsp3) is 0.615. The van der Waals surface area contributed by atoms with Gasteiger partial charge in [-0.05, 0) is 25.0 Å². The molecule has 0 bridgehead atoms. The number of fused-ring (bicyclic) bond motifs is 2. The predicted molar refractivity (Wildman–Crippen MR) is 67.5 cm³/mol. The third-order valence-corrected chi connectivity index (χ3v) is 4.21. The van der Waals surface area contributed by atoms with Crippen LogP contribution in [0.25, 0.3) is 0 Å². The summed E-state index contributed by atoms with van der Waals surface area (Å²) in [5.41, 5.74) is 0.883. The fourth-order valence-electron chi connectivity index (χ4n) is 3.22. The van der Waals surface area contributed by atoms with Crippen LogP contribution in [0.5, 0.6) is 0 Å². The van der Waals surface area contributed by atoms with Gasteiger partial charge in [0, 0.05) is 38.1 Å². The highest BCUT2D eigenvalue weighted by molar-refractivity contribution is 5.68. The molecule has 8 heteroatoms. The minimum Gasteiger partial charge on any atom is -0.356 e. The van der Waals surface area contributed by atoms with Gasteiger partial charge < -0.3 is 19.5 Å².